The molecule has 8 heteroatoms. The van der Waals surface area contributed by atoms with Crippen LogP contribution in [-0.4, -0.2) is 41.5 Å². The van der Waals surface area contributed by atoms with Crippen LogP contribution >= 0.6 is 23.4 Å². The summed E-state index contributed by atoms with van der Waals surface area (Å²) in [5.41, 5.74) is 0.542. The minimum atomic E-state index is -0.476. The molecule has 0 unspecified atom stereocenters. The third kappa shape index (κ3) is 4.49. The van der Waals surface area contributed by atoms with E-state index in [1.807, 2.05) is 0 Å². The summed E-state index contributed by atoms with van der Waals surface area (Å²) in [5, 5.41) is 6.00. The Balaban J connectivity index is 1.51. The fourth-order valence-corrected chi connectivity index (χ4v) is 3.68. The third-order valence-corrected chi connectivity index (χ3v) is 5.21. The molecule has 2 aliphatic rings. The Morgan fingerprint density at radius 2 is 2.29 bits per heavy atom. The maximum Gasteiger partial charge on any atom is 0.240 e. The topological polar surface area (TPSA) is 79.8 Å². The molecule has 0 radical (unpaired) electrons. The molecule has 1 aromatic rings. The molecule has 6 nitrogen and oxygen atoms in total. The molecule has 128 valence electrons. The van der Waals surface area contributed by atoms with Crippen molar-refractivity contribution in [3.8, 4) is 0 Å². The van der Waals surface area contributed by atoms with Crippen molar-refractivity contribution in [2.75, 3.05) is 18.5 Å². The van der Waals surface area contributed by atoms with Crippen LogP contribution in [0.15, 0.2) is 29.3 Å². The van der Waals surface area contributed by atoms with E-state index in [2.05, 4.69) is 15.6 Å². The number of hydrogen-bond acceptors (Lipinski definition) is 5. The lowest BCUT2D eigenvalue weighted by Gasteiger charge is -2.08. The quantitative estimate of drug-likeness (QED) is 0.837. The fourth-order valence-electron chi connectivity index (χ4n) is 2.52. The molecule has 3 rings (SSSR count). The minimum absolute atomic E-state index is 0.0701. The standard InChI is InChI=1S/C16H18ClN3O3S/c17-11-5-1-2-6-12(11)19-14(21)8-13-15(22)20-16(24-13)18-9-10-4-3-7-23-10/h1-2,5-6,10,13H,3-4,7-9H2,(H,19,21)(H,18,20,22)/t10-,13+/m1/s1. The molecule has 2 aliphatic heterocycles. The van der Waals surface area contributed by atoms with E-state index in [1.165, 1.54) is 11.8 Å². The molecule has 2 atom stereocenters. The van der Waals surface area contributed by atoms with Gasteiger partial charge in [0.25, 0.3) is 0 Å². The van der Waals surface area contributed by atoms with Crippen LogP contribution in [0.4, 0.5) is 5.69 Å². The Bertz CT molecular complexity index is 662. The summed E-state index contributed by atoms with van der Waals surface area (Å²) < 4.78 is 5.50. The Morgan fingerprint density at radius 3 is 3.04 bits per heavy atom. The zero-order valence-corrected chi connectivity index (χ0v) is 14.5. The number of thioether (sulfide) groups is 1. The largest absolute Gasteiger partial charge is 0.376 e. The van der Waals surface area contributed by atoms with Gasteiger partial charge in [0.1, 0.15) is 5.25 Å². The van der Waals surface area contributed by atoms with Crippen molar-refractivity contribution in [2.24, 2.45) is 4.99 Å². The van der Waals surface area contributed by atoms with E-state index < -0.39 is 5.25 Å². The van der Waals surface area contributed by atoms with Gasteiger partial charge in [-0.3, -0.25) is 14.6 Å². The maximum atomic E-state index is 12.1. The number of anilines is 1. The van der Waals surface area contributed by atoms with E-state index >= 15 is 0 Å². The van der Waals surface area contributed by atoms with Crippen LogP contribution in [-0.2, 0) is 14.3 Å². The molecule has 2 amide bonds. The Hall–Kier alpha value is -1.57. The second-order valence-electron chi connectivity index (χ2n) is 5.61. The highest BCUT2D eigenvalue weighted by Gasteiger charge is 2.32. The number of carbonyl (C=O) groups excluding carboxylic acids is 2. The van der Waals surface area contributed by atoms with Crippen molar-refractivity contribution < 1.29 is 14.3 Å². The first-order valence-corrected chi connectivity index (χ1v) is 9.05. The van der Waals surface area contributed by atoms with Gasteiger partial charge in [0.2, 0.25) is 11.8 Å². The molecule has 2 heterocycles. The van der Waals surface area contributed by atoms with Gasteiger partial charge in [0.15, 0.2) is 5.17 Å². The lowest BCUT2D eigenvalue weighted by Crippen LogP contribution is -2.28. The van der Waals surface area contributed by atoms with E-state index in [4.69, 9.17) is 16.3 Å². The second-order valence-corrected chi connectivity index (χ2v) is 7.21. The summed E-state index contributed by atoms with van der Waals surface area (Å²) in [6, 6.07) is 6.99. The molecule has 2 saturated heterocycles. The average Bonchev–Trinajstić information content (AvgIpc) is 3.18. The number of para-hydroxylation sites is 1. The van der Waals surface area contributed by atoms with Crippen LogP contribution < -0.4 is 10.6 Å². The van der Waals surface area contributed by atoms with Crippen molar-refractivity contribution in [3.05, 3.63) is 29.3 Å². The van der Waals surface area contributed by atoms with Crippen molar-refractivity contribution >= 4 is 46.0 Å². The number of amidine groups is 1. The Kier molecular flexibility index (Phi) is 5.76. The Labute approximate surface area is 149 Å². The van der Waals surface area contributed by atoms with E-state index in [0.29, 0.717) is 22.4 Å². The van der Waals surface area contributed by atoms with Crippen LogP contribution in [0.5, 0.6) is 0 Å². The zero-order chi connectivity index (χ0) is 16.9. The van der Waals surface area contributed by atoms with Crippen LogP contribution in [0.2, 0.25) is 5.02 Å². The Morgan fingerprint density at radius 1 is 1.46 bits per heavy atom. The van der Waals surface area contributed by atoms with E-state index in [-0.39, 0.29) is 24.3 Å². The molecule has 0 spiro atoms. The van der Waals surface area contributed by atoms with Gasteiger partial charge >= 0.3 is 0 Å². The highest BCUT2D eigenvalue weighted by molar-refractivity contribution is 8.15. The van der Waals surface area contributed by atoms with Crippen molar-refractivity contribution in [3.63, 3.8) is 0 Å². The van der Waals surface area contributed by atoms with Crippen LogP contribution in [0.3, 0.4) is 0 Å². The first-order valence-electron chi connectivity index (χ1n) is 7.80. The number of ether oxygens (including phenoxy) is 1. The van der Waals surface area contributed by atoms with E-state index in [1.54, 1.807) is 24.3 Å². The monoisotopic (exact) mass is 367 g/mol. The number of benzene rings is 1. The molecule has 0 saturated carbocycles. The van der Waals surface area contributed by atoms with Gasteiger partial charge in [0.05, 0.1) is 23.4 Å². The molecule has 24 heavy (non-hydrogen) atoms. The number of hydrogen-bond donors (Lipinski definition) is 2. The summed E-state index contributed by atoms with van der Waals surface area (Å²) in [7, 11) is 0. The zero-order valence-electron chi connectivity index (χ0n) is 13.0. The van der Waals surface area contributed by atoms with Crippen LogP contribution in [0.25, 0.3) is 0 Å². The van der Waals surface area contributed by atoms with E-state index in [0.717, 1.165) is 19.4 Å². The predicted molar refractivity (Wildman–Crippen MR) is 95.5 cm³/mol. The predicted octanol–water partition coefficient (Wildman–Crippen LogP) is 2.44. The van der Waals surface area contributed by atoms with Gasteiger partial charge in [-0.2, -0.15) is 0 Å². The average molecular weight is 368 g/mol. The molecular weight excluding hydrogens is 350 g/mol. The first kappa shape index (κ1) is 17.3. The summed E-state index contributed by atoms with van der Waals surface area (Å²) in [5.74, 6) is -0.448. The number of aliphatic imine (C=N–C) groups is 1. The van der Waals surface area contributed by atoms with Gasteiger partial charge in [-0.05, 0) is 25.0 Å². The maximum absolute atomic E-state index is 12.1. The number of nitrogens with zero attached hydrogens (tertiary/aromatic N) is 1. The van der Waals surface area contributed by atoms with Gasteiger partial charge in [-0.1, -0.05) is 35.5 Å². The van der Waals surface area contributed by atoms with Gasteiger partial charge in [0, 0.05) is 13.0 Å². The van der Waals surface area contributed by atoms with E-state index in [9.17, 15) is 9.59 Å². The molecule has 2 fully saturated rings. The smallest absolute Gasteiger partial charge is 0.240 e. The lowest BCUT2D eigenvalue weighted by molar-refractivity contribution is -0.122. The molecule has 2 N–H and O–H groups in total. The summed E-state index contributed by atoms with van der Waals surface area (Å²) in [4.78, 5) is 28.5. The molecular formula is C16H18ClN3O3S. The van der Waals surface area contributed by atoms with Gasteiger partial charge in [-0.25, -0.2) is 0 Å². The minimum Gasteiger partial charge on any atom is -0.376 e. The highest BCUT2D eigenvalue weighted by atomic mass is 35.5. The lowest BCUT2D eigenvalue weighted by atomic mass is 10.2. The van der Waals surface area contributed by atoms with Gasteiger partial charge < -0.3 is 15.4 Å². The van der Waals surface area contributed by atoms with Crippen LogP contribution in [0.1, 0.15) is 19.3 Å². The molecule has 1 aromatic carbocycles. The molecule has 0 aliphatic carbocycles. The summed E-state index contributed by atoms with van der Waals surface area (Å²) in [6.07, 6.45) is 2.26. The normalized spacial score (nSPS) is 25.0. The molecule has 0 aromatic heterocycles. The third-order valence-electron chi connectivity index (χ3n) is 3.76. The number of nitrogens with one attached hydrogen (secondary N) is 2. The summed E-state index contributed by atoms with van der Waals surface area (Å²) in [6.45, 7) is 1.32. The van der Waals surface area contributed by atoms with Crippen molar-refractivity contribution in [2.45, 2.75) is 30.6 Å². The van der Waals surface area contributed by atoms with Crippen molar-refractivity contribution in [1.82, 2.24) is 5.32 Å². The van der Waals surface area contributed by atoms with Gasteiger partial charge in [-0.15, -0.1) is 0 Å². The van der Waals surface area contributed by atoms with Crippen LogP contribution in [0, 0.1) is 0 Å². The fraction of sp³-hybridized carbons (Fsp3) is 0.438. The number of carbonyl (C=O) groups is 2. The number of halogens is 1. The SMILES string of the molecule is O=C(C[C@@H]1SC(=NC[C@H]2CCCO2)NC1=O)Nc1ccccc1Cl. The summed E-state index contributed by atoms with van der Waals surface area (Å²) >= 11 is 7.30. The molecule has 0 bridgehead atoms. The first-order chi connectivity index (χ1) is 11.6. The second kappa shape index (κ2) is 8.00. The number of rotatable bonds is 5. The van der Waals surface area contributed by atoms with Crippen molar-refractivity contribution in [1.29, 1.82) is 0 Å². The highest BCUT2D eigenvalue weighted by Crippen LogP contribution is 2.25. The number of amides is 2.